The number of aryl methyl sites for hydroxylation is 1. The third kappa shape index (κ3) is 6.52. The number of benzene rings is 2. The van der Waals surface area contributed by atoms with Gasteiger partial charge in [-0.1, -0.05) is 59.8 Å². The Morgan fingerprint density at radius 3 is 2.41 bits per heavy atom. The first-order chi connectivity index (χ1) is 17.8. The number of thioether (sulfide) groups is 1. The van der Waals surface area contributed by atoms with Gasteiger partial charge in [0.1, 0.15) is 0 Å². The molecule has 1 aliphatic heterocycles. The molecule has 0 saturated carbocycles. The third-order valence-electron chi connectivity index (χ3n) is 6.58. The van der Waals surface area contributed by atoms with Crippen molar-refractivity contribution >= 4 is 23.7 Å². The van der Waals surface area contributed by atoms with Gasteiger partial charge in [-0.05, 0) is 38.8 Å². The Morgan fingerprint density at radius 1 is 1.00 bits per heavy atom. The second kappa shape index (κ2) is 12.3. The van der Waals surface area contributed by atoms with Crippen molar-refractivity contribution in [3.8, 4) is 17.1 Å². The lowest BCUT2D eigenvalue weighted by Crippen LogP contribution is -2.57. The number of para-hydroxylation sites is 1. The van der Waals surface area contributed by atoms with E-state index in [2.05, 4.69) is 58.1 Å². The maximum atomic E-state index is 12.8. The SMILES string of the molecule is Cc1ccc(-c2nnc(SCCCCC(=O)N3CCN(C(=O)N(C)C)C(C)C3)n2-c2ccccc2)cc1. The minimum absolute atomic E-state index is 0.00510. The van der Waals surface area contributed by atoms with Gasteiger partial charge in [0.15, 0.2) is 11.0 Å². The van der Waals surface area contributed by atoms with Gasteiger partial charge in [-0.2, -0.15) is 0 Å². The summed E-state index contributed by atoms with van der Waals surface area (Å²) in [6, 6.07) is 18.5. The number of aromatic nitrogens is 3. The first kappa shape index (κ1) is 26.7. The predicted molar refractivity (Wildman–Crippen MR) is 148 cm³/mol. The highest BCUT2D eigenvalue weighted by atomic mass is 32.2. The van der Waals surface area contributed by atoms with Crippen molar-refractivity contribution in [2.24, 2.45) is 0 Å². The molecule has 0 spiro atoms. The number of carbonyl (C=O) groups excluding carboxylic acids is 2. The van der Waals surface area contributed by atoms with Gasteiger partial charge in [0, 0.05) is 63.2 Å². The average Bonchev–Trinajstić information content (AvgIpc) is 3.32. The van der Waals surface area contributed by atoms with Crippen LogP contribution in [0.2, 0.25) is 0 Å². The van der Waals surface area contributed by atoms with Gasteiger partial charge in [0.2, 0.25) is 5.91 Å². The monoisotopic (exact) mass is 520 g/mol. The number of unbranched alkanes of at least 4 members (excludes halogenated alkanes) is 1. The van der Waals surface area contributed by atoms with Gasteiger partial charge in [0.05, 0.1) is 0 Å². The van der Waals surface area contributed by atoms with Gasteiger partial charge < -0.3 is 14.7 Å². The highest BCUT2D eigenvalue weighted by Crippen LogP contribution is 2.28. The highest BCUT2D eigenvalue weighted by molar-refractivity contribution is 7.99. The van der Waals surface area contributed by atoms with Crippen molar-refractivity contribution in [2.45, 2.75) is 44.3 Å². The van der Waals surface area contributed by atoms with Crippen molar-refractivity contribution in [1.82, 2.24) is 29.5 Å². The molecule has 0 aliphatic carbocycles. The molecule has 1 unspecified atom stereocenters. The van der Waals surface area contributed by atoms with E-state index in [0.717, 1.165) is 40.8 Å². The molecular formula is C28H36N6O2S. The predicted octanol–water partition coefficient (Wildman–Crippen LogP) is 4.72. The molecule has 196 valence electrons. The largest absolute Gasteiger partial charge is 0.339 e. The number of piperazine rings is 1. The van der Waals surface area contributed by atoms with E-state index in [9.17, 15) is 9.59 Å². The number of rotatable bonds is 8. The van der Waals surface area contributed by atoms with Gasteiger partial charge >= 0.3 is 6.03 Å². The van der Waals surface area contributed by atoms with Gasteiger partial charge in [-0.25, -0.2) is 4.79 Å². The quantitative estimate of drug-likeness (QED) is 0.317. The van der Waals surface area contributed by atoms with Crippen molar-refractivity contribution in [3.63, 3.8) is 0 Å². The lowest BCUT2D eigenvalue weighted by atomic mass is 10.1. The van der Waals surface area contributed by atoms with E-state index in [4.69, 9.17) is 0 Å². The number of hydrogen-bond acceptors (Lipinski definition) is 5. The maximum Gasteiger partial charge on any atom is 0.319 e. The van der Waals surface area contributed by atoms with Crippen LogP contribution in [0, 0.1) is 6.92 Å². The van der Waals surface area contributed by atoms with Crippen LogP contribution in [0.5, 0.6) is 0 Å². The van der Waals surface area contributed by atoms with Gasteiger partial charge in [-0.3, -0.25) is 9.36 Å². The van der Waals surface area contributed by atoms with Crippen LogP contribution in [-0.4, -0.2) is 86.9 Å². The Balaban J connectivity index is 1.31. The molecule has 8 nitrogen and oxygen atoms in total. The average molecular weight is 521 g/mol. The van der Waals surface area contributed by atoms with Crippen molar-refractivity contribution < 1.29 is 9.59 Å². The number of amides is 3. The fourth-order valence-electron chi connectivity index (χ4n) is 4.49. The van der Waals surface area contributed by atoms with Crippen LogP contribution in [0.15, 0.2) is 59.8 Å². The second-order valence-corrected chi connectivity index (χ2v) is 10.8. The molecule has 1 saturated heterocycles. The van der Waals surface area contributed by atoms with Crippen molar-refractivity contribution in [1.29, 1.82) is 0 Å². The fourth-order valence-corrected chi connectivity index (χ4v) is 5.44. The van der Waals surface area contributed by atoms with Crippen LogP contribution in [0.25, 0.3) is 17.1 Å². The molecule has 2 aromatic carbocycles. The summed E-state index contributed by atoms with van der Waals surface area (Å²) in [5, 5.41) is 9.87. The number of nitrogens with zero attached hydrogens (tertiary/aromatic N) is 6. The molecule has 2 heterocycles. The molecule has 1 aliphatic rings. The molecule has 1 atom stereocenters. The minimum Gasteiger partial charge on any atom is -0.339 e. The van der Waals surface area contributed by atoms with Crippen LogP contribution < -0.4 is 0 Å². The van der Waals surface area contributed by atoms with Crippen LogP contribution in [0.3, 0.4) is 0 Å². The molecule has 9 heteroatoms. The Labute approximate surface area is 223 Å². The van der Waals surface area contributed by atoms with Crippen LogP contribution in [-0.2, 0) is 4.79 Å². The van der Waals surface area contributed by atoms with E-state index in [-0.39, 0.29) is 18.0 Å². The molecule has 3 aromatic rings. The lowest BCUT2D eigenvalue weighted by Gasteiger charge is -2.40. The molecule has 3 amide bonds. The topological polar surface area (TPSA) is 74.6 Å². The molecule has 0 radical (unpaired) electrons. The fraction of sp³-hybridized carbons (Fsp3) is 0.429. The summed E-state index contributed by atoms with van der Waals surface area (Å²) in [7, 11) is 3.52. The minimum atomic E-state index is 0.00510. The van der Waals surface area contributed by atoms with E-state index < -0.39 is 0 Å². The van der Waals surface area contributed by atoms with Crippen molar-refractivity contribution in [2.75, 3.05) is 39.5 Å². The van der Waals surface area contributed by atoms with E-state index in [1.54, 1.807) is 30.8 Å². The zero-order valence-corrected chi connectivity index (χ0v) is 22.9. The Bertz CT molecular complexity index is 1200. The maximum absolute atomic E-state index is 12.8. The van der Waals surface area contributed by atoms with Gasteiger partial charge in [0.25, 0.3) is 0 Å². The highest BCUT2D eigenvalue weighted by Gasteiger charge is 2.30. The van der Waals surface area contributed by atoms with Crippen molar-refractivity contribution in [3.05, 3.63) is 60.2 Å². The molecule has 37 heavy (non-hydrogen) atoms. The van der Waals surface area contributed by atoms with Gasteiger partial charge in [-0.15, -0.1) is 10.2 Å². The first-order valence-electron chi connectivity index (χ1n) is 12.8. The summed E-state index contributed by atoms with van der Waals surface area (Å²) in [5.41, 5.74) is 3.26. The number of carbonyl (C=O) groups is 2. The standard InChI is InChI=1S/C28H36N6O2S/c1-21-13-15-23(16-14-21)26-29-30-27(34(26)24-10-6-5-7-11-24)37-19-9-8-12-25(35)32-17-18-33(22(2)20-32)28(36)31(3)4/h5-7,10-11,13-16,22H,8-9,12,17-20H2,1-4H3. The summed E-state index contributed by atoms with van der Waals surface area (Å²) in [6.45, 7) is 5.85. The Kier molecular flexibility index (Phi) is 8.87. The summed E-state index contributed by atoms with van der Waals surface area (Å²) in [6.07, 6.45) is 2.25. The molecule has 0 N–H and O–H groups in total. The summed E-state index contributed by atoms with van der Waals surface area (Å²) in [4.78, 5) is 30.4. The first-order valence-corrected chi connectivity index (χ1v) is 13.8. The number of hydrogen-bond donors (Lipinski definition) is 0. The van der Waals surface area contributed by atoms with E-state index in [1.165, 1.54) is 5.56 Å². The zero-order chi connectivity index (χ0) is 26.4. The molecular weight excluding hydrogens is 484 g/mol. The van der Waals surface area contributed by atoms with Crippen LogP contribution in [0.1, 0.15) is 31.7 Å². The molecule has 4 rings (SSSR count). The lowest BCUT2D eigenvalue weighted by molar-refractivity contribution is -0.133. The third-order valence-corrected chi connectivity index (χ3v) is 7.60. The van der Waals surface area contributed by atoms with E-state index >= 15 is 0 Å². The second-order valence-electron chi connectivity index (χ2n) is 9.71. The Morgan fingerprint density at radius 2 is 1.73 bits per heavy atom. The molecule has 1 aromatic heterocycles. The molecule has 1 fully saturated rings. The number of urea groups is 1. The molecule has 0 bridgehead atoms. The summed E-state index contributed by atoms with van der Waals surface area (Å²) < 4.78 is 2.11. The van der Waals surface area contributed by atoms with Crippen LogP contribution in [0.4, 0.5) is 4.79 Å². The summed E-state index contributed by atoms with van der Waals surface area (Å²) in [5.74, 6) is 1.85. The Hall–Kier alpha value is -3.33. The van der Waals surface area contributed by atoms with E-state index in [0.29, 0.717) is 26.1 Å². The van der Waals surface area contributed by atoms with Crippen LogP contribution >= 0.6 is 11.8 Å². The normalized spacial score (nSPS) is 15.6. The smallest absolute Gasteiger partial charge is 0.319 e. The van der Waals surface area contributed by atoms with E-state index in [1.807, 2.05) is 34.9 Å². The summed E-state index contributed by atoms with van der Waals surface area (Å²) >= 11 is 1.67. The zero-order valence-electron chi connectivity index (χ0n) is 22.1.